The van der Waals surface area contributed by atoms with Crippen LogP contribution in [0.4, 0.5) is 0 Å². The molecule has 0 amide bonds. The molecule has 1 saturated carbocycles. The van der Waals surface area contributed by atoms with Crippen LogP contribution in [-0.4, -0.2) is 18.3 Å². The summed E-state index contributed by atoms with van der Waals surface area (Å²) in [4.78, 5) is 0. The first-order chi connectivity index (χ1) is 9.21. The molecule has 2 nitrogen and oxygen atoms in total. The van der Waals surface area contributed by atoms with E-state index in [4.69, 9.17) is 20.9 Å². The summed E-state index contributed by atoms with van der Waals surface area (Å²) in [5, 5.41) is 0.880. The van der Waals surface area contributed by atoms with E-state index in [1.807, 2.05) is 0 Å². The Morgan fingerprint density at radius 2 is 1.65 bits per heavy atom. The SMILES string of the molecule is Cc1cc(Cl)c(C2CC2)cc1B1OC(C)(C)C(C)(C)O1. The molecule has 1 aromatic rings. The summed E-state index contributed by atoms with van der Waals surface area (Å²) in [6, 6.07) is 4.24. The zero-order valence-electron chi connectivity index (χ0n) is 12.9. The van der Waals surface area contributed by atoms with Crippen LogP contribution in [0.3, 0.4) is 0 Å². The predicted molar refractivity (Wildman–Crippen MR) is 83.9 cm³/mol. The minimum atomic E-state index is -0.302. The average molecular weight is 293 g/mol. The Labute approximate surface area is 126 Å². The fourth-order valence-corrected chi connectivity index (χ4v) is 3.01. The lowest BCUT2D eigenvalue weighted by atomic mass is 9.75. The number of benzene rings is 1. The molecule has 0 bridgehead atoms. The van der Waals surface area contributed by atoms with Gasteiger partial charge in [0, 0.05) is 5.02 Å². The van der Waals surface area contributed by atoms with E-state index in [1.54, 1.807) is 0 Å². The summed E-state index contributed by atoms with van der Waals surface area (Å²) in [7, 11) is -0.297. The summed E-state index contributed by atoms with van der Waals surface area (Å²) < 4.78 is 12.3. The quantitative estimate of drug-likeness (QED) is 0.771. The van der Waals surface area contributed by atoms with Crippen molar-refractivity contribution < 1.29 is 9.31 Å². The third-order valence-electron chi connectivity index (χ3n) is 4.91. The minimum Gasteiger partial charge on any atom is -0.399 e. The highest BCUT2D eigenvalue weighted by atomic mass is 35.5. The molecule has 4 heteroatoms. The summed E-state index contributed by atoms with van der Waals surface area (Å²) in [5.41, 5.74) is 2.90. The minimum absolute atomic E-state index is 0.297. The Morgan fingerprint density at radius 3 is 2.15 bits per heavy atom. The van der Waals surface area contributed by atoms with Crippen LogP contribution in [-0.2, 0) is 9.31 Å². The molecule has 1 aliphatic carbocycles. The van der Waals surface area contributed by atoms with Crippen molar-refractivity contribution in [3.63, 3.8) is 0 Å². The number of rotatable bonds is 2. The van der Waals surface area contributed by atoms with Gasteiger partial charge in [-0.15, -0.1) is 0 Å². The van der Waals surface area contributed by atoms with Gasteiger partial charge >= 0.3 is 7.12 Å². The Morgan fingerprint density at radius 1 is 1.10 bits per heavy atom. The van der Waals surface area contributed by atoms with E-state index in [1.165, 1.54) is 18.4 Å². The first kappa shape index (κ1) is 14.4. The van der Waals surface area contributed by atoms with Gasteiger partial charge in [0.1, 0.15) is 0 Å². The summed E-state index contributed by atoms with van der Waals surface area (Å²) in [6.07, 6.45) is 2.48. The van der Waals surface area contributed by atoms with Crippen molar-refractivity contribution in [3.05, 3.63) is 28.3 Å². The van der Waals surface area contributed by atoms with Crippen LogP contribution < -0.4 is 5.46 Å². The summed E-state index contributed by atoms with van der Waals surface area (Å²) in [5.74, 6) is 0.629. The molecule has 1 saturated heterocycles. The third-order valence-corrected chi connectivity index (χ3v) is 5.24. The molecule has 0 unspecified atom stereocenters. The maximum Gasteiger partial charge on any atom is 0.495 e. The second kappa shape index (κ2) is 4.49. The molecule has 1 heterocycles. The second-order valence-electron chi connectivity index (χ2n) is 7.09. The molecule has 2 aliphatic rings. The molecule has 0 spiro atoms. The lowest BCUT2D eigenvalue weighted by Crippen LogP contribution is -2.41. The first-order valence-corrected chi connectivity index (χ1v) is 7.75. The molecule has 0 radical (unpaired) electrons. The van der Waals surface area contributed by atoms with E-state index in [9.17, 15) is 0 Å². The normalized spacial score (nSPS) is 24.2. The zero-order valence-corrected chi connectivity index (χ0v) is 13.7. The number of aryl methyl sites for hydroxylation is 1. The largest absolute Gasteiger partial charge is 0.495 e. The number of halogens is 1. The third kappa shape index (κ3) is 2.30. The van der Waals surface area contributed by atoms with Crippen LogP contribution >= 0.6 is 11.6 Å². The van der Waals surface area contributed by atoms with Crippen molar-refractivity contribution in [2.75, 3.05) is 0 Å². The first-order valence-electron chi connectivity index (χ1n) is 7.37. The van der Waals surface area contributed by atoms with E-state index in [2.05, 4.69) is 46.8 Å². The molecular formula is C16H22BClO2. The van der Waals surface area contributed by atoms with E-state index >= 15 is 0 Å². The van der Waals surface area contributed by atoms with Gasteiger partial charge in [-0.2, -0.15) is 0 Å². The second-order valence-corrected chi connectivity index (χ2v) is 7.50. The van der Waals surface area contributed by atoms with Crippen LogP contribution in [0.15, 0.2) is 12.1 Å². The molecule has 108 valence electrons. The van der Waals surface area contributed by atoms with Crippen molar-refractivity contribution in [2.45, 2.75) is 64.6 Å². The molecule has 0 aromatic heterocycles. The Bertz CT molecular complexity index is 534. The van der Waals surface area contributed by atoms with E-state index in [-0.39, 0.29) is 18.3 Å². The van der Waals surface area contributed by atoms with Gasteiger partial charge in [0.25, 0.3) is 0 Å². The lowest BCUT2D eigenvalue weighted by Gasteiger charge is -2.32. The summed E-state index contributed by atoms with van der Waals surface area (Å²) in [6.45, 7) is 10.4. The van der Waals surface area contributed by atoms with Gasteiger partial charge in [-0.05, 0) is 76.0 Å². The van der Waals surface area contributed by atoms with E-state index < -0.39 is 0 Å². The monoisotopic (exact) mass is 292 g/mol. The van der Waals surface area contributed by atoms with Crippen LogP contribution in [0.2, 0.25) is 5.02 Å². The molecule has 1 aliphatic heterocycles. The molecular weight excluding hydrogens is 270 g/mol. The molecule has 1 aromatic carbocycles. The van der Waals surface area contributed by atoms with Crippen molar-refractivity contribution in [1.82, 2.24) is 0 Å². The smallest absolute Gasteiger partial charge is 0.399 e. The van der Waals surface area contributed by atoms with Crippen LogP contribution in [0.5, 0.6) is 0 Å². The van der Waals surface area contributed by atoms with E-state index in [0.717, 1.165) is 16.0 Å². The van der Waals surface area contributed by atoms with Crippen molar-refractivity contribution in [3.8, 4) is 0 Å². The van der Waals surface area contributed by atoms with Gasteiger partial charge in [0.2, 0.25) is 0 Å². The van der Waals surface area contributed by atoms with Crippen molar-refractivity contribution >= 4 is 24.2 Å². The number of hydrogen-bond acceptors (Lipinski definition) is 2. The van der Waals surface area contributed by atoms with Gasteiger partial charge < -0.3 is 9.31 Å². The highest BCUT2D eigenvalue weighted by Crippen LogP contribution is 2.43. The Hall–Kier alpha value is -0.505. The van der Waals surface area contributed by atoms with Gasteiger partial charge in [-0.25, -0.2) is 0 Å². The standard InChI is InChI=1S/C16H22BClO2/c1-10-8-14(18)12(11-6-7-11)9-13(10)17-19-15(2,3)16(4,5)20-17/h8-9,11H,6-7H2,1-5H3. The summed E-state index contributed by atoms with van der Waals surface area (Å²) >= 11 is 6.37. The Kier molecular flexibility index (Phi) is 3.24. The van der Waals surface area contributed by atoms with Gasteiger partial charge in [0.05, 0.1) is 11.2 Å². The maximum absolute atomic E-state index is 6.37. The van der Waals surface area contributed by atoms with Gasteiger partial charge in [-0.1, -0.05) is 17.7 Å². The highest BCUT2D eigenvalue weighted by Gasteiger charge is 2.52. The topological polar surface area (TPSA) is 18.5 Å². The van der Waals surface area contributed by atoms with Crippen LogP contribution in [0, 0.1) is 6.92 Å². The van der Waals surface area contributed by atoms with Gasteiger partial charge in [0.15, 0.2) is 0 Å². The molecule has 0 N–H and O–H groups in total. The number of hydrogen-bond donors (Lipinski definition) is 0. The van der Waals surface area contributed by atoms with Crippen LogP contribution in [0.1, 0.15) is 57.6 Å². The maximum atomic E-state index is 6.37. The Balaban J connectivity index is 1.97. The average Bonchev–Trinajstić information content (AvgIpc) is 3.07. The van der Waals surface area contributed by atoms with Crippen molar-refractivity contribution in [1.29, 1.82) is 0 Å². The zero-order chi connectivity index (χ0) is 14.7. The van der Waals surface area contributed by atoms with Gasteiger partial charge in [-0.3, -0.25) is 0 Å². The highest BCUT2D eigenvalue weighted by molar-refractivity contribution is 6.62. The molecule has 0 atom stereocenters. The van der Waals surface area contributed by atoms with Crippen molar-refractivity contribution in [2.24, 2.45) is 0 Å². The molecule has 20 heavy (non-hydrogen) atoms. The molecule has 3 rings (SSSR count). The predicted octanol–water partition coefficient (Wildman–Crippen LogP) is 3.83. The lowest BCUT2D eigenvalue weighted by molar-refractivity contribution is 0.00578. The molecule has 2 fully saturated rings. The van der Waals surface area contributed by atoms with Crippen LogP contribution in [0.25, 0.3) is 0 Å². The fraction of sp³-hybridized carbons (Fsp3) is 0.625. The van der Waals surface area contributed by atoms with E-state index in [0.29, 0.717) is 5.92 Å². The fourth-order valence-electron chi connectivity index (χ4n) is 2.64.